The van der Waals surface area contributed by atoms with Gasteiger partial charge < -0.3 is 15.1 Å². The maximum Gasteiger partial charge on any atom is 0.259 e. The lowest BCUT2D eigenvalue weighted by molar-refractivity contribution is -0.114. The first-order valence-electron chi connectivity index (χ1n) is 6.99. The molecular formula is C17H12F2N2O3. The van der Waals surface area contributed by atoms with E-state index in [9.17, 15) is 18.4 Å². The first-order chi connectivity index (χ1) is 11.4. The van der Waals surface area contributed by atoms with Gasteiger partial charge in [0.1, 0.15) is 23.5 Å². The molecule has 0 bridgehead atoms. The minimum Gasteiger partial charge on any atom is -0.463 e. The molecule has 0 aliphatic carbocycles. The molecule has 0 fully saturated rings. The van der Waals surface area contributed by atoms with Crippen molar-refractivity contribution in [1.29, 1.82) is 0 Å². The zero-order valence-electron chi connectivity index (χ0n) is 12.5. The Bertz CT molecular complexity index is 933. The Labute approximate surface area is 135 Å². The second-order valence-electron chi connectivity index (χ2n) is 5.12. The van der Waals surface area contributed by atoms with Gasteiger partial charge in [0.15, 0.2) is 0 Å². The summed E-state index contributed by atoms with van der Waals surface area (Å²) in [5, 5.41) is 5.10. The Morgan fingerprint density at radius 2 is 1.62 bits per heavy atom. The zero-order chi connectivity index (χ0) is 17.3. The van der Waals surface area contributed by atoms with E-state index in [1.165, 1.54) is 6.92 Å². The highest BCUT2D eigenvalue weighted by Crippen LogP contribution is 2.26. The van der Waals surface area contributed by atoms with Gasteiger partial charge in [-0.2, -0.15) is 0 Å². The molecule has 0 radical (unpaired) electrons. The molecule has 3 aromatic rings. The average molecular weight is 330 g/mol. The Morgan fingerprint density at radius 1 is 1.00 bits per heavy atom. The van der Waals surface area contributed by atoms with Gasteiger partial charge >= 0.3 is 0 Å². The summed E-state index contributed by atoms with van der Waals surface area (Å²) < 4.78 is 32.1. The number of nitrogens with one attached hydrogen (secondary N) is 2. The summed E-state index contributed by atoms with van der Waals surface area (Å²) in [6, 6.07) is 8.10. The van der Waals surface area contributed by atoms with E-state index < -0.39 is 17.5 Å². The van der Waals surface area contributed by atoms with Crippen LogP contribution in [-0.2, 0) is 4.79 Å². The van der Waals surface area contributed by atoms with Gasteiger partial charge in [0, 0.05) is 30.4 Å². The first-order valence-corrected chi connectivity index (χ1v) is 6.99. The summed E-state index contributed by atoms with van der Waals surface area (Å²) in [5.74, 6) is -2.45. The summed E-state index contributed by atoms with van der Waals surface area (Å²) in [7, 11) is 0. The number of rotatable bonds is 3. The number of amides is 2. The fourth-order valence-corrected chi connectivity index (χ4v) is 2.29. The number of hydrogen-bond donors (Lipinski definition) is 2. The third-order valence-corrected chi connectivity index (χ3v) is 3.30. The molecule has 2 amide bonds. The van der Waals surface area contributed by atoms with E-state index in [1.54, 1.807) is 24.3 Å². The van der Waals surface area contributed by atoms with Crippen molar-refractivity contribution in [3.63, 3.8) is 0 Å². The van der Waals surface area contributed by atoms with Crippen molar-refractivity contribution in [3.8, 4) is 0 Å². The van der Waals surface area contributed by atoms with Gasteiger partial charge in [-0.05, 0) is 24.3 Å². The lowest BCUT2D eigenvalue weighted by Crippen LogP contribution is -2.12. The molecule has 3 rings (SSSR count). The van der Waals surface area contributed by atoms with E-state index in [0.29, 0.717) is 17.4 Å². The number of anilines is 2. The molecule has 0 spiro atoms. The first kappa shape index (κ1) is 15.7. The van der Waals surface area contributed by atoms with Gasteiger partial charge in [-0.3, -0.25) is 9.59 Å². The molecule has 2 N–H and O–H groups in total. The summed E-state index contributed by atoms with van der Waals surface area (Å²) >= 11 is 0. The predicted molar refractivity (Wildman–Crippen MR) is 84.8 cm³/mol. The normalized spacial score (nSPS) is 10.6. The highest BCUT2D eigenvalue weighted by molar-refractivity contribution is 6.12. The van der Waals surface area contributed by atoms with E-state index in [2.05, 4.69) is 10.6 Å². The second-order valence-corrected chi connectivity index (χ2v) is 5.12. The molecule has 1 heterocycles. The monoisotopic (exact) mass is 330 g/mol. The summed E-state index contributed by atoms with van der Waals surface area (Å²) in [6.07, 6.45) is 1.08. The molecule has 24 heavy (non-hydrogen) atoms. The maximum absolute atomic E-state index is 13.9. The third-order valence-electron chi connectivity index (χ3n) is 3.30. The van der Waals surface area contributed by atoms with Crippen LogP contribution in [0.25, 0.3) is 11.0 Å². The van der Waals surface area contributed by atoms with Crippen LogP contribution >= 0.6 is 0 Å². The summed E-state index contributed by atoms with van der Waals surface area (Å²) in [6.45, 7) is 1.39. The van der Waals surface area contributed by atoms with E-state index in [-0.39, 0.29) is 22.4 Å². The number of halogens is 2. The molecular weight excluding hydrogens is 318 g/mol. The molecule has 0 aliphatic heterocycles. The van der Waals surface area contributed by atoms with Crippen LogP contribution in [0.5, 0.6) is 0 Å². The van der Waals surface area contributed by atoms with Gasteiger partial charge in [-0.15, -0.1) is 0 Å². The molecule has 2 aromatic carbocycles. The molecule has 1 aromatic heterocycles. The zero-order valence-corrected chi connectivity index (χ0v) is 12.5. The summed E-state index contributed by atoms with van der Waals surface area (Å²) in [4.78, 5) is 23.2. The van der Waals surface area contributed by atoms with Crippen molar-refractivity contribution in [2.75, 3.05) is 10.6 Å². The van der Waals surface area contributed by atoms with Crippen LogP contribution in [0.15, 0.2) is 47.1 Å². The van der Waals surface area contributed by atoms with E-state index in [1.807, 2.05) is 0 Å². The standard InChI is InChI=1S/C17H12F2N2O3/c1-9(22)20-11-2-4-12(5-3-11)21-17(23)13-8-24-15-7-10(18)6-14(19)16(13)15/h2-8H,1H3,(H,20,22)(H,21,23). The number of fused-ring (bicyclic) bond motifs is 1. The molecule has 0 saturated carbocycles. The Balaban J connectivity index is 1.84. The van der Waals surface area contributed by atoms with Crippen molar-refractivity contribution < 1.29 is 22.8 Å². The number of carbonyl (C=O) groups excluding carboxylic acids is 2. The lowest BCUT2D eigenvalue weighted by Gasteiger charge is -2.06. The van der Waals surface area contributed by atoms with E-state index >= 15 is 0 Å². The summed E-state index contributed by atoms with van der Waals surface area (Å²) in [5.41, 5.74) is 0.953. The quantitative estimate of drug-likeness (QED) is 0.764. The van der Waals surface area contributed by atoms with E-state index in [0.717, 1.165) is 12.3 Å². The van der Waals surface area contributed by atoms with Crippen LogP contribution < -0.4 is 10.6 Å². The third kappa shape index (κ3) is 3.10. The topological polar surface area (TPSA) is 71.3 Å². The highest BCUT2D eigenvalue weighted by Gasteiger charge is 2.18. The van der Waals surface area contributed by atoms with Gasteiger partial charge in [0.05, 0.1) is 10.9 Å². The van der Waals surface area contributed by atoms with Crippen LogP contribution in [-0.4, -0.2) is 11.8 Å². The van der Waals surface area contributed by atoms with Gasteiger partial charge in [-0.1, -0.05) is 0 Å². The lowest BCUT2D eigenvalue weighted by atomic mass is 10.1. The largest absolute Gasteiger partial charge is 0.463 e. The van der Waals surface area contributed by atoms with Crippen LogP contribution in [0.4, 0.5) is 20.2 Å². The van der Waals surface area contributed by atoms with Crippen molar-refractivity contribution in [2.24, 2.45) is 0 Å². The van der Waals surface area contributed by atoms with Gasteiger partial charge in [0.2, 0.25) is 5.91 Å². The highest BCUT2D eigenvalue weighted by atomic mass is 19.1. The SMILES string of the molecule is CC(=O)Nc1ccc(NC(=O)c2coc3cc(F)cc(F)c23)cc1. The van der Waals surface area contributed by atoms with Crippen LogP contribution in [0, 0.1) is 11.6 Å². The molecule has 0 atom stereocenters. The number of carbonyl (C=O) groups is 2. The molecule has 122 valence electrons. The fourth-order valence-electron chi connectivity index (χ4n) is 2.29. The molecule has 0 unspecified atom stereocenters. The minimum atomic E-state index is -0.870. The van der Waals surface area contributed by atoms with Crippen LogP contribution in [0.2, 0.25) is 0 Å². The van der Waals surface area contributed by atoms with Crippen LogP contribution in [0.1, 0.15) is 17.3 Å². The van der Waals surface area contributed by atoms with Gasteiger partial charge in [-0.25, -0.2) is 8.78 Å². The number of furan rings is 1. The Hall–Kier alpha value is -3.22. The molecule has 7 heteroatoms. The molecule has 5 nitrogen and oxygen atoms in total. The predicted octanol–water partition coefficient (Wildman–Crippen LogP) is 3.92. The Morgan fingerprint density at radius 3 is 2.25 bits per heavy atom. The molecule has 0 saturated heterocycles. The van der Waals surface area contributed by atoms with Crippen LogP contribution in [0.3, 0.4) is 0 Å². The fraction of sp³-hybridized carbons (Fsp3) is 0.0588. The van der Waals surface area contributed by atoms with Crippen molar-refractivity contribution in [3.05, 3.63) is 59.9 Å². The van der Waals surface area contributed by atoms with E-state index in [4.69, 9.17) is 4.42 Å². The smallest absolute Gasteiger partial charge is 0.259 e. The second kappa shape index (κ2) is 6.11. The van der Waals surface area contributed by atoms with Crippen molar-refractivity contribution in [1.82, 2.24) is 0 Å². The number of hydrogen-bond acceptors (Lipinski definition) is 3. The minimum absolute atomic E-state index is 0.0339. The van der Waals surface area contributed by atoms with Gasteiger partial charge in [0.25, 0.3) is 5.91 Å². The molecule has 0 aliphatic rings. The number of benzene rings is 2. The maximum atomic E-state index is 13.9. The average Bonchev–Trinajstić information content (AvgIpc) is 2.93. The van der Waals surface area contributed by atoms with Crippen molar-refractivity contribution in [2.45, 2.75) is 6.92 Å². The van der Waals surface area contributed by atoms with Crippen molar-refractivity contribution >= 4 is 34.2 Å². The Kier molecular flexibility index (Phi) is 3.99.